The first kappa shape index (κ1) is 28.2. The van der Waals surface area contributed by atoms with Gasteiger partial charge in [0.25, 0.3) is 26.0 Å². The summed E-state index contributed by atoms with van der Waals surface area (Å²) in [6.45, 7) is 0.417. The second-order valence-electron chi connectivity index (χ2n) is 9.04. The molecule has 2 N–H and O–H groups in total. The Morgan fingerprint density at radius 1 is 1.05 bits per heavy atom. The van der Waals surface area contributed by atoms with Crippen molar-refractivity contribution >= 4 is 54.8 Å². The van der Waals surface area contributed by atoms with Crippen LogP contribution in [-0.4, -0.2) is 65.1 Å². The third-order valence-corrected chi connectivity index (χ3v) is 10.9. The average molecular weight is 583 g/mol. The largest absolute Gasteiger partial charge is 0.455 e. The van der Waals surface area contributed by atoms with Crippen molar-refractivity contribution in [2.45, 2.75) is 47.6 Å². The molecule has 0 radical (unpaired) electrons. The van der Waals surface area contributed by atoms with Gasteiger partial charge in [-0.2, -0.15) is 4.31 Å². The van der Waals surface area contributed by atoms with E-state index in [2.05, 4.69) is 15.0 Å². The number of ether oxygens (including phenoxy) is 1. The standard InChI is InChI=1S/C24H30N4O7S3/c29-22(17-35-24(30)18-10-13-28(14-11-18)38(33,34)23-9-5-15-36-23)26-19-6-4-7-20(16-19)37(31,32)27-21-8-2-1-3-12-25-21/h4-7,9,15-16,18H,1-3,8,10-14,17H2,(H,25,27)(H,26,29). The van der Waals surface area contributed by atoms with E-state index in [4.69, 9.17) is 4.74 Å². The van der Waals surface area contributed by atoms with Crippen molar-refractivity contribution in [2.75, 3.05) is 31.6 Å². The van der Waals surface area contributed by atoms with Crippen LogP contribution in [0.1, 0.15) is 38.5 Å². The fourth-order valence-electron chi connectivity index (χ4n) is 4.23. The zero-order valence-corrected chi connectivity index (χ0v) is 23.1. The molecule has 0 saturated carbocycles. The number of anilines is 1. The molecule has 1 saturated heterocycles. The van der Waals surface area contributed by atoms with Gasteiger partial charge in [-0.25, -0.2) is 16.8 Å². The van der Waals surface area contributed by atoms with Crippen LogP contribution in [-0.2, 0) is 34.4 Å². The summed E-state index contributed by atoms with van der Waals surface area (Å²) in [4.78, 5) is 29.1. The molecule has 2 aliphatic heterocycles. The van der Waals surface area contributed by atoms with Crippen molar-refractivity contribution < 1.29 is 31.2 Å². The van der Waals surface area contributed by atoms with Gasteiger partial charge in [0.05, 0.1) is 10.8 Å². The van der Waals surface area contributed by atoms with Gasteiger partial charge in [-0.15, -0.1) is 11.3 Å². The molecule has 1 aromatic heterocycles. The van der Waals surface area contributed by atoms with E-state index in [1.54, 1.807) is 17.5 Å². The Balaban J connectivity index is 1.26. The fraction of sp³-hybridized carbons (Fsp3) is 0.458. The molecule has 38 heavy (non-hydrogen) atoms. The third-order valence-electron chi connectivity index (χ3n) is 6.28. The molecule has 1 fully saturated rings. The van der Waals surface area contributed by atoms with Gasteiger partial charge in [0.2, 0.25) is 0 Å². The van der Waals surface area contributed by atoms with E-state index in [0.29, 0.717) is 31.6 Å². The number of amidine groups is 1. The number of hydrogen-bond acceptors (Lipinski definition) is 9. The normalized spacial score (nSPS) is 17.7. The predicted molar refractivity (Wildman–Crippen MR) is 143 cm³/mol. The van der Waals surface area contributed by atoms with Crippen LogP contribution in [0.5, 0.6) is 0 Å². The molecule has 0 spiro atoms. The van der Waals surface area contributed by atoms with Gasteiger partial charge in [-0.3, -0.25) is 19.3 Å². The Morgan fingerprint density at radius 2 is 1.84 bits per heavy atom. The summed E-state index contributed by atoms with van der Waals surface area (Å²) in [7, 11) is -7.44. The van der Waals surface area contributed by atoms with Crippen LogP contribution in [0.3, 0.4) is 0 Å². The van der Waals surface area contributed by atoms with E-state index >= 15 is 0 Å². The maximum atomic E-state index is 12.8. The van der Waals surface area contributed by atoms with Gasteiger partial charge < -0.3 is 10.1 Å². The van der Waals surface area contributed by atoms with Crippen LogP contribution >= 0.6 is 11.3 Å². The monoisotopic (exact) mass is 582 g/mol. The van der Waals surface area contributed by atoms with Gasteiger partial charge in [-0.1, -0.05) is 18.6 Å². The van der Waals surface area contributed by atoms with Crippen molar-refractivity contribution in [1.29, 1.82) is 0 Å². The van der Waals surface area contributed by atoms with Crippen LogP contribution in [0.2, 0.25) is 0 Å². The smallest absolute Gasteiger partial charge is 0.309 e. The number of esters is 1. The lowest BCUT2D eigenvalue weighted by atomic mass is 9.98. The molecular weight excluding hydrogens is 552 g/mol. The first-order valence-electron chi connectivity index (χ1n) is 12.3. The maximum Gasteiger partial charge on any atom is 0.309 e. The minimum absolute atomic E-state index is 0.0245. The molecule has 1 aromatic carbocycles. The first-order valence-corrected chi connectivity index (χ1v) is 16.1. The summed E-state index contributed by atoms with van der Waals surface area (Å²) >= 11 is 1.15. The number of sulfonamides is 2. The van der Waals surface area contributed by atoms with Gasteiger partial charge >= 0.3 is 5.97 Å². The van der Waals surface area contributed by atoms with Gasteiger partial charge in [0, 0.05) is 31.7 Å². The Morgan fingerprint density at radius 3 is 2.58 bits per heavy atom. The Labute approximate surface area is 226 Å². The zero-order valence-electron chi connectivity index (χ0n) is 20.7. The van der Waals surface area contributed by atoms with Crippen LogP contribution < -0.4 is 10.0 Å². The number of aliphatic imine (C=N–C) groups is 1. The third kappa shape index (κ3) is 7.18. The van der Waals surface area contributed by atoms with Crippen LogP contribution in [0.15, 0.2) is 55.9 Å². The molecule has 1 amide bonds. The highest BCUT2D eigenvalue weighted by Crippen LogP contribution is 2.27. The van der Waals surface area contributed by atoms with Crippen molar-refractivity contribution in [3.63, 3.8) is 0 Å². The molecule has 4 rings (SSSR count). The van der Waals surface area contributed by atoms with Crippen LogP contribution in [0, 0.1) is 5.92 Å². The number of thiophene rings is 1. The highest BCUT2D eigenvalue weighted by Gasteiger charge is 2.33. The number of nitrogens with one attached hydrogen (secondary N) is 2. The lowest BCUT2D eigenvalue weighted by Gasteiger charge is -2.29. The minimum Gasteiger partial charge on any atom is -0.455 e. The average Bonchev–Trinajstić information content (AvgIpc) is 3.34. The number of nitrogens with zero attached hydrogens (tertiary/aromatic N) is 2. The van der Waals surface area contributed by atoms with Crippen LogP contribution in [0.25, 0.3) is 0 Å². The number of piperidine rings is 1. The molecule has 2 aliphatic rings. The lowest BCUT2D eigenvalue weighted by molar-refractivity contribution is -0.152. The van der Waals surface area contributed by atoms with Gasteiger partial charge in [-0.05, 0) is 55.3 Å². The predicted octanol–water partition coefficient (Wildman–Crippen LogP) is 2.58. The topological polar surface area (TPSA) is 151 Å². The molecule has 0 bridgehead atoms. The SMILES string of the molecule is O=C(COC(=O)C1CCN(S(=O)(=O)c2cccs2)CC1)Nc1cccc(S(=O)(=O)NC2=NCCCCC2)c1. The fourth-order valence-corrected chi connectivity index (χ4v) is 7.98. The summed E-state index contributed by atoms with van der Waals surface area (Å²) in [5, 5.41) is 4.24. The number of hydrogen-bond donors (Lipinski definition) is 2. The number of amides is 1. The minimum atomic E-state index is -3.87. The summed E-state index contributed by atoms with van der Waals surface area (Å²) < 4.78 is 60.1. The van der Waals surface area contributed by atoms with E-state index < -0.39 is 44.4 Å². The van der Waals surface area contributed by atoms with Gasteiger partial charge in [0.15, 0.2) is 6.61 Å². The first-order chi connectivity index (χ1) is 18.1. The second-order valence-corrected chi connectivity index (χ2v) is 13.8. The molecule has 0 atom stereocenters. The summed E-state index contributed by atoms with van der Waals surface area (Å²) in [5.41, 5.74) is 0.240. The zero-order chi connectivity index (χ0) is 27.2. The van der Waals surface area contributed by atoms with E-state index in [1.165, 1.54) is 28.6 Å². The molecule has 11 nitrogen and oxygen atoms in total. The van der Waals surface area contributed by atoms with E-state index in [9.17, 15) is 26.4 Å². The quantitative estimate of drug-likeness (QED) is 0.454. The summed E-state index contributed by atoms with van der Waals surface area (Å²) in [6.07, 6.45) is 3.94. The van der Waals surface area contributed by atoms with E-state index in [1.807, 2.05) is 0 Å². The Hall–Kier alpha value is -2.81. The van der Waals surface area contributed by atoms with Crippen molar-refractivity contribution in [1.82, 2.24) is 9.03 Å². The summed E-state index contributed by atoms with van der Waals surface area (Å²) in [6, 6.07) is 9.00. The Bertz CT molecular complexity index is 1380. The second kappa shape index (κ2) is 12.4. The molecule has 2 aromatic rings. The number of carbonyl (C=O) groups is 2. The van der Waals surface area contributed by atoms with Crippen LogP contribution in [0.4, 0.5) is 5.69 Å². The van der Waals surface area contributed by atoms with Gasteiger partial charge in [0.1, 0.15) is 10.0 Å². The lowest BCUT2D eigenvalue weighted by Crippen LogP contribution is -2.40. The van der Waals surface area contributed by atoms with Crippen molar-refractivity contribution in [3.05, 3.63) is 41.8 Å². The molecule has 14 heteroatoms. The molecule has 206 valence electrons. The summed E-state index contributed by atoms with van der Waals surface area (Å²) in [5.74, 6) is -1.27. The Kier molecular flexibility index (Phi) is 9.18. The maximum absolute atomic E-state index is 12.8. The molecule has 0 aliphatic carbocycles. The number of carbonyl (C=O) groups excluding carboxylic acids is 2. The molecular formula is C24H30N4O7S3. The molecule has 3 heterocycles. The van der Waals surface area contributed by atoms with E-state index in [0.717, 1.165) is 30.6 Å². The van der Waals surface area contributed by atoms with Crippen molar-refractivity contribution in [2.24, 2.45) is 10.9 Å². The van der Waals surface area contributed by atoms with E-state index in [-0.39, 0.29) is 27.9 Å². The number of benzene rings is 1. The highest BCUT2D eigenvalue weighted by atomic mass is 32.2. The van der Waals surface area contributed by atoms with Crippen molar-refractivity contribution in [3.8, 4) is 0 Å². The highest BCUT2D eigenvalue weighted by molar-refractivity contribution is 7.91. The molecule has 0 unspecified atom stereocenters. The number of rotatable bonds is 8.